The lowest BCUT2D eigenvalue weighted by atomic mass is 9.70. The maximum atomic E-state index is 14.9. The smallest absolute Gasteiger partial charge is 0.247 e. The Morgan fingerprint density at radius 2 is 1.78 bits per heavy atom. The molecule has 3 heterocycles. The average Bonchev–Trinajstić information content (AvgIpc) is 3.69. The number of hydrogen-bond acceptors (Lipinski definition) is 6. The van der Waals surface area contributed by atoms with Gasteiger partial charge >= 0.3 is 0 Å². The molecule has 4 fully saturated rings. The minimum atomic E-state index is -0.723. The summed E-state index contributed by atoms with van der Waals surface area (Å²) in [6.45, 7) is 15.0. The first-order chi connectivity index (χ1) is 21.7. The molecule has 4 aliphatic rings. The highest BCUT2D eigenvalue weighted by Gasteiger charge is 2.74. The maximum Gasteiger partial charge on any atom is 0.247 e. The Kier molecular flexibility index (Phi) is 10.7. The van der Waals surface area contributed by atoms with Gasteiger partial charge in [0.25, 0.3) is 0 Å². The number of aliphatic hydroxyl groups is 1. The van der Waals surface area contributed by atoms with Crippen molar-refractivity contribution < 1.29 is 24.2 Å². The highest BCUT2D eigenvalue weighted by Crippen LogP contribution is 2.67. The van der Waals surface area contributed by atoms with E-state index >= 15 is 0 Å². The van der Waals surface area contributed by atoms with Crippen molar-refractivity contribution in [2.75, 3.05) is 31.2 Å². The third-order valence-corrected chi connectivity index (χ3v) is 12.2. The van der Waals surface area contributed by atoms with Crippen molar-refractivity contribution in [2.24, 2.45) is 17.8 Å². The van der Waals surface area contributed by atoms with Gasteiger partial charge in [-0.3, -0.25) is 14.4 Å². The van der Waals surface area contributed by atoms with Gasteiger partial charge in [-0.15, -0.1) is 24.9 Å². The highest BCUT2D eigenvalue weighted by atomic mass is 32.2. The zero-order chi connectivity index (χ0) is 32.3. The first-order valence-corrected chi connectivity index (χ1v) is 17.8. The van der Waals surface area contributed by atoms with E-state index in [4.69, 9.17) is 4.74 Å². The molecule has 1 aromatic rings. The van der Waals surface area contributed by atoms with Gasteiger partial charge in [0.05, 0.1) is 35.8 Å². The van der Waals surface area contributed by atoms with Crippen LogP contribution in [0.4, 0.5) is 5.69 Å². The van der Waals surface area contributed by atoms with E-state index < -0.39 is 28.7 Å². The topological polar surface area (TPSA) is 90.4 Å². The SMILES string of the molecule is C=CCN(C(=O)[C@@H]1[C@@H]2CCC3(S2)C(C(=O)N(CC=C)C2CCCCC2)N([C@@H](CO)CC(C)C)C(=O)[C@H]13)c1ccc(OCC)cc1. The van der Waals surface area contributed by atoms with E-state index in [2.05, 4.69) is 27.0 Å². The largest absolute Gasteiger partial charge is 0.494 e. The third-order valence-electron chi connectivity index (χ3n) is 10.3. The summed E-state index contributed by atoms with van der Waals surface area (Å²) < 4.78 is 4.91. The summed E-state index contributed by atoms with van der Waals surface area (Å²) >= 11 is 1.69. The van der Waals surface area contributed by atoms with Gasteiger partial charge in [-0.05, 0) is 69.2 Å². The Balaban J connectivity index is 1.55. The normalized spacial score (nSPS) is 28.2. The van der Waals surface area contributed by atoms with Crippen LogP contribution < -0.4 is 9.64 Å². The second-order valence-corrected chi connectivity index (χ2v) is 15.1. The molecule has 3 aliphatic heterocycles. The van der Waals surface area contributed by atoms with Crippen LogP contribution in [0, 0.1) is 17.8 Å². The van der Waals surface area contributed by atoms with Crippen LogP contribution in [0.2, 0.25) is 0 Å². The molecule has 2 unspecified atom stereocenters. The number of aliphatic hydroxyl groups excluding tert-OH is 1. The van der Waals surface area contributed by atoms with Crippen molar-refractivity contribution >= 4 is 35.2 Å². The number of anilines is 1. The molecule has 5 rings (SSSR count). The van der Waals surface area contributed by atoms with E-state index in [1.54, 1.807) is 33.7 Å². The molecule has 0 aromatic heterocycles. The minimum Gasteiger partial charge on any atom is -0.494 e. The standard InChI is InChI=1S/C36H51N3O5S/c1-6-20-37(26-14-16-28(17-15-26)44-8-3)33(41)30-29-18-19-36(45-29)31(30)34(42)39(27(23-40)22-24(4)5)32(36)35(43)38(21-7-2)25-12-10-9-11-13-25/h6-7,14-17,24-25,27,29-32,40H,1-2,8-13,18-23H2,3-5H3/t27-,29+,30-,31+,32?,36?/m1/s1. The number of carbonyl (C=O) groups excluding carboxylic acids is 3. The van der Waals surface area contributed by atoms with Crippen LogP contribution in [-0.4, -0.2) is 87.1 Å². The molecule has 1 aromatic carbocycles. The summed E-state index contributed by atoms with van der Waals surface area (Å²) in [5.74, 6) is -0.560. The van der Waals surface area contributed by atoms with Gasteiger partial charge in [0.1, 0.15) is 11.8 Å². The summed E-state index contributed by atoms with van der Waals surface area (Å²) in [7, 11) is 0. The monoisotopic (exact) mass is 637 g/mol. The molecule has 0 radical (unpaired) electrons. The molecule has 8 nitrogen and oxygen atoms in total. The van der Waals surface area contributed by atoms with E-state index in [1.807, 2.05) is 36.1 Å². The Bertz CT molecular complexity index is 1250. The zero-order valence-electron chi connectivity index (χ0n) is 27.2. The fourth-order valence-electron chi connectivity index (χ4n) is 8.49. The van der Waals surface area contributed by atoms with Gasteiger partial charge in [0.15, 0.2) is 0 Å². The van der Waals surface area contributed by atoms with E-state index in [0.29, 0.717) is 32.5 Å². The molecule has 246 valence electrons. The van der Waals surface area contributed by atoms with Gasteiger partial charge in [-0.25, -0.2) is 0 Å². The molecule has 1 saturated carbocycles. The van der Waals surface area contributed by atoms with Gasteiger partial charge in [-0.2, -0.15) is 0 Å². The molecular weight excluding hydrogens is 586 g/mol. The van der Waals surface area contributed by atoms with Crippen LogP contribution in [-0.2, 0) is 14.4 Å². The summed E-state index contributed by atoms with van der Waals surface area (Å²) in [5.41, 5.74) is 0.725. The number of ether oxygens (including phenoxy) is 1. The summed E-state index contributed by atoms with van der Waals surface area (Å²) in [5, 5.41) is 10.6. The molecule has 1 spiro atoms. The fourth-order valence-corrected chi connectivity index (χ4v) is 10.7. The van der Waals surface area contributed by atoms with Crippen molar-refractivity contribution in [3.8, 4) is 5.75 Å². The van der Waals surface area contributed by atoms with Crippen molar-refractivity contribution in [3.05, 3.63) is 49.6 Å². The Morgan fingerprint density at radius 1 is 1.09 bits per heavy atom. The zero-order valence-corrected chi connectivity index (χ0v) is 28.1. The van der Waals surface area contributed by atoms with Crippen molar-refractivity contribution in [1.29, 1.82) is 0 Å². The molecule has 2 bridgehead atoms. The number of nitrogens with zero attached hydrogens (tertiary/aromatic N) is 3. The van der Waals surface area contributed by atoms with E-state index in [1.165, 1.54) is 6.42 Å². The molecule has 9 heteroatoms. The lowest BCUT2D eigenvalue weighted by Crippen LogP contribution is -2.59. The second-order valence-electron chi connectivity index (χ2n) is 13.5. The quantitative estimate of drug-likeness (QED) is 0.273. The van der Waals surface area contributed by atoms with Gasteiger partial charge in [0, 0.05) is 30.1 Å². The van der Waals surface area contributed by atoms with Crippen LogP contribution in [0.15, 0.2) is 49.6 Å². The summed E-state index contributed by atoms with van der Waals surface area (Å²) in [6.07, 6.45) is 10.8. The lowest BCUT2D eigenvalue weighted by Gasteiger charge is -2.43. The van der Waals surface area contributed by atoms with E-state index in [9.17, 15) is 19.5 Å². The first kappa shape index (κ1) is 33.6. The Hall–Kier alpha value is -2.78. The minimum absolute atomic E-state index is 0.0458. The maximum absolute atomic E-state index is 14.9. The molecule has 6 atom stereocenters. The van der Waals surface area contributed by atoms with Crippen LogP contribution in [0.5, 0.6) is 5.75 Å². The van der Waals surface area contributed by atoms with Crippen molar-refractivity contribution in [2.45, 2.75) is 100 Å². The van der Waals surface area contributed by atoms with Crippen LogP contribution in [0.25, 0.3) is 0 Å². The number of hydrogen-bond donors (Lipinski definition) is 1. The van der Waals surface area contributed by atoms with Crippen molar-refractivity contribution in [3.63, 3.8) is 0 Å². The van der Waals surface area contributed by atoms with Crippen LogP contribution >= 0.6 is 11.8 Å². The second kappa shape index (κ2) is 14.3. The highest BCUT2D eigenvalue weighted by molar-refractivity contribution is 8.02. The summed E-state index contributed by atoms with van der Waals surface area (Å²) in [4.78, 5) is 49.7. The molecule has 1 N–H and O–H groups in total. The number of fused-ring (bicyclic) bond motifs is 1. The lowest BCUT2D eigenvalue weighted by molar-refractivity contribution is -0.147. The van der Waals surface area contributed by atoms with Gasteiger partial charge in [-0.1, -0.05) is 45.3 Å². The first-order valence-electron chi connectivity index (χ1n) is 16.9. The summed E-state index contributed by atoms with van der Waals surface area (Å²) in [6, 6.07) is 6.35. The number of amides is 3. The van der Waals surface area contributed by atoms with Gasteiger partial charge < -0.3 is 24.5 Å². The molecule has 45 heavy (non-hydrogen) atoms. The third kappa shape index (κ3) is 6.19. The van der Waals surface area contributed by atoms with Crippen LogP contribution in [0.3, 0.4) is 0 Å². The fraction of sp³-hybridized carbons (Fsp3) is 0.639. The number of thioether (sulfide) groups is 1. The molecule has 3 saturated heterocycles. The predicted octanol–water partition coefficient (Wildman–Crippen LogP) is 5.45. The van der Waals surface area contributed by atoms with Crippen LogP contribution in [0.1, 0.15) is 72.1 Å². The number of benzene rings is 1. The number of carbonyl (C=O) groups is 3. The number of likely N-dealkylation sites (tertiary alicyclic amines) is 1. The van der Waals surface area contributed by atoms with E-state index in [0.717, 1.165) is 43.5 Å². The van der Waals surface area contributed by atoms with E-state index in [-0.39, 0.29) is 41.5 Å². The Morgan fingerprint density at radius 3 is 2.38 bits per heavy atom. The predicted molar refractivity (Wildman–Crippen MR) is 180 cm³/mol. The molecule has 1 aliphatic carbocycles. The van der Waals surface area contributed by atoms with Gasteiger partial charge in [0.2, 0.25) is 17.7 Å². The molecule has 3 amide bonds. The van der Waals surface area contributed by atoms with Crippen molar-refractivity contribution in [1.82, 2.24) is 9.80 Å². The Labute approximate surface area is 273 Å². The number of rotatable bonds is 14. The molecular formula is C36H51N3O5S. The average molecular weight is 638 g/mol.